The van der Waals surface area contributed by atoms with E-state index >= 15 is 4.39 Å². The Kier molecular flexibility index (Phi) is 7.53. The van der Waals surface area contributed by atoms with E-state index in [-0.39, 0.29) is 19.7 Å². The highest BCUT2D eigenvalue weighted by molar-refractivity contribution is 5.89. The Morgan fingerprint density at radius 3 is 2.53 bits per heavy atom. The number of hydrazine groups is 1. The van der Waals surface area contributed by atoms with Crippen LogP contribution in [0.2, 0.25) is 0 Å². The maximum atomic E-state index is 15.5. The Morgan fingerprint density at radius 1 is 1.22 bits per heavy atom. The number of alkyl carbamates (subject to hydrolysis) is 1. The number of halogens is 1. The number of nitrogens with one attached hydrogen (secondary N) is 3. The van der Waals surface area contributed by atoms with E-state index in [1.165, 1.54) is 5.01 Å². The molecule has 0 spiro atoms. The predicted molar refractivity (Wildman–Crippen MR) is 126 cm³/mol. The Balaban J connectivity index is 1.37. The molecule has 192 valence electrons. The van der Waals surface area contributed by atoms with E-state index in [0.717, 1.165) is 5.56 Å². The summed E-state index contributed by atoms with van der Waals surface area (Å²) in [6, 6.07) is 18.0. The minimum atomic E-state index is -2.50. The van der Waals surface area contributed by atoms with Gasteiger partial charge in [-0.3, -0.25) is 15.0 Å². The van der Waals surface area contributed by atoms with Gasteiger partial charge >= 0.3 is 6.09 Å². The number of cyclic esters (lactones) is 1. The van der Waals surface area contributed by atoms with Gasteiger partial charge in [-0.25, -0.2) is 14.2 Å². The standard InChI is InChI=1S/C25H29FN4O6/c1-24(18-10-6-3-7-11-18,20-12-27-23(34)36-20)22(33)29-30-13-19(31)25(26,16-30)28-21(32)15-35-14-17-8-4-2-5-9-17/h2-11,19-20,31H,12-16H2,1H3,(H,27,34)(H,28,32)(H,29,33). The summed E-state index contributed by atoms with van der Waals surface area (Å²) in [6.07, 6.45) is -3.03. The number of β-amino-alcohol motifs (C(OH)–C–C–N with tert-alkyl or cyclic N) is 1. The number of amides is 3. The first kappa shape index (κ1) is 25.5. The molecule has 3 amide bonds. The van der Waals surface area contributed by atoms with Crippen LogP contribution in [0.5, 0.6) is 0 Å². The Labute approximate surface area is 207 Å². The molecule has 36 heavy (non-hydrogen) atoms. The lowest BCUT2D eigenvalue weighted by atomic mass is 9.76. The van der Waals surface area contributed by atoms with Crippen LogP contribution < -0.4 is 16.1 Å². The highest BCUT2D eigenvalue weighted by atomic mass is 19.1. The van der Waals surface area contributed by atoms with Crippen molar-refractivity contribution < 1.29 is 33.4 Å². The van der Waals surface area contributed by atoms with E-state index in [1.54, 1.807) is 37.3 Å². The van der Waals surface area contributed by atoms with Crippen molar-refractivity contribution in [2.75, 3.05) is 26.2 Å². The number of ether oxygens (including phenoxy) is 2. The van der Waals surface area contributed by atoms with Gasteiger partial charge in [0.25, 0.3) is 0 Å². The molecule has 2 heterocycles. The van der Waals surface area contributed by atoms with Crippen molar-refractivity contribution in [2.45, 2.75) is 36.9 Å². The molecule has 2 aromatic rings. The molecular weight excluding hydrogens is 471 g/mol. The van der Waals surface area contributed by atoms with Gasteiger partial charge in [-0.1, -0.05) is 60.7 Å². The zero-order valence-corrected chi connectivity index (χ0v) is 19.8. The molecule has 4 rings (SSSR count). The summed E-state index contributed by atoms with van der Waals surface area (Å²) in [5.41, 5.74) is 2.78. The number of aliphatic hydroxyl groups is 1. The number of nitrogens with zero attached hydrogens (tertiary/aromatic N) is 1. The average Bonchev–Trinajstić information content (AvgIpc) is 3.42. The first-order valence-electron chi connectivity index (χ1n) is 11.6. The quantitative estimate of drug-likeness (QED) is 0.374. The molecule has 11 heteroatoms. The smallest absolute Gasteiger partial charge is 0.407 e. The third kappa shape index (κ3) is 5.48. The average molecular weight is 501 g/mol. The Bertz CT molecular complexity index is 1090. The minimum Gasteiger partial charge on any atom is -0.443 e. The molecule has 2 aliphatic rings. The van der Waals surface area contributed by atoms with E-state index < -0.39 is 54.5 Å². The number of aliphatic hydroxyl groups excluding tert-OH is 1. The van der Waals surface area contributed by atoms with Crippen molar-refractivity contribution >= 4 is 17.9 Å². The van der Waals surface area contributed by atoms with Crippen LogP contribution in [0.1, 0.15) is 18.1 Å². The topological polar surface area (TPSA) is 129 Å². The fourth-order valence-electron chi connectivity index (χ4n) is 4.33. The van der Waals surface area contributed by atoms with Gasteiger partial charge in [0.2, 0.25) is 17.6 Å². The van der Waals surface area contributed by atoms with Gasteiger partial charge in [-0.15, -0.1) is 0 Å². The van der Waals surface area contributed by atoms with Gasteiger partial charge < -0.3 is 25.2 Å². The largest absolute Gasteiger partial charge is 0.443 e. The van der Waals surface area contributed by atoms with Crippen LogP contribution in [0.4, 0.5) is 9.18 Å². The second-order valence-corrected chi connectivity index (χ2v) is 9.07. The third-order valence-corrected chi connectivity index (χ3v) is 6.46. The first-order chi connectivity index (χ1) is 17.2. The molecule has 0 radical (unpaired) electrons. The van der Waals surface area contributed by atoms with Crippen LogP contribution in [0.25, 0.3) is 0 Å². The molecule has 0 aliphatic carbocycles. The molecule has 0 bridgehead atoms. The predicted octanol–water partition coefficient (Wildman–Crippen LogP) is 0.759. The molecule has 4 N–H and O–H groups in total. The lowest BCUT2D eigenvalue weighted by Crippen LogP contribution is -2.57. The summed E-state index contributed by atoms with van der Waals surface area (Å²) in [7, 11) is 0. The molecule has 4 unspecified atom stereocenters. The van der Waals surface area contributed by atoms with Crippen LogP contribution in [-0.4, -0.2) is 72.3 Å². The van der Waals surface area contributed by atoms with Crippen molar-refractivity contribution in [3.8, 4) is 0 Å². The van der Waals surface area contributed by atoms with Crippen molar-refractivity contribution in [3.05, 3.63) is 71.8 Å². The summed E-state index contributed by atoms with van der Waals surface area (Å²) < 4.78 is 26.1. The second kappa shape index (κ2) is 10.6. The molecule has 2 fully saturated rings. The number of hydrogen-bond donors (Lipinski definition) is 4. The summed E-state index contributed by atoms with van der Waals surface area (Å²) in [6.45, 7) is 0.775. The van der Waals surface area contributed by atoms with E-state index in [0.29, 0.717) is 5.56 Å². The highest BCUT2D eigenvalue weighted by Crippen LogP contribution is 2.32. The number of carbonyl (C=O) groups excluding carboxylic acids is 3. The summed E-state index contributed by atoms with van der Waals surface area (Å²) in [5, 5.41) is 16.3. The van der Waals surface area contributed by atoms with E-state index in [2.05, 4.69) is 16.1 Å². The molecule has 0 saturated carbocycles. The third-order valence-electron chi connectivity index (χ3n) is 6.46. The molecule has 2 saturated heterocycles. The molecule has 2 aromatic carbocycles. The zero-order valence-electron chi connectivity index (χ0n) is 19.8. The van der Waals surface area contributed by atoms with Crippen LogP contribution in [0.3, 0.4) is 0 Å². The molecule has 0 aromatic heterocycles. The fraction of sp³-hybridized carbons (Fsp3) is 0.400. The number of benzene rings is 2. The van der Waals surface area contributed by atoms with E-state index in [1.807, 2.05) is 30.3 Å². The number of carbonyl (C=O) groups is 3. The van der Waals surface area contributed by atoms with Crippen molar-refractivity contribution in [1.29, 1.82) is 0 Å². The van der Waals surface area contributed by atoms with E-state index in [4.69, 9.17) is 9.47 Å². The first-order valence-corrected chi connectivity index (χ1v) is 11.6. The normalized spacial score (nSPS) is 25.5. The van der Waals surface area contributed by atoms with Crippen molar-refractivity contribution in [2.24, 2.45) is 0 Å². The number of hydrogen-bond acceptors (Lipinski definition) is 7. The highest BCUT2D eigenvalue weighted by Gasteiger charge is 2.52. The van der Waals surface area contributed by atoms with Gasteiger partial charge in [-0.2, -0.15) is 0 Å². The van der Waals surface area contributed by atoms with Gasteiger partial charge in [0.1, 0.15) is 24.2 Å². The molecular formula is C25H29FN4O6. The molecule has 10 nitrogen and oxygen atoms in total. The number of alkyl halides is 1. The summed E-state index contributed by atoms with van der Waals surface area (Å²) >= 11 is 0. The maximum Gasteiger partial charge on any atom is 0.407 e. The molecule has 2 aliphatic heterocycles. The lowest BCUT2D eigenvalue weighted by molar-refractivity contribution is -0.134. The summed E-state index contributed by atoms with van der Waals surface area (Å²) in [4.78, 5) is 37.4. The van der Waals surface area contributed by atoms with Crippen LogP contribution in [0.15, 0.2) is 60.7 Å². The lowest BCUT2D eigenvalue weighted by Gasteiger charge is -2.34. The maximum absolute atomic E-state index is 15.5. The van der Waals surface area contributed by atoms with Gasteiger partial charge in [0, 0.05) is 6.54 Å². The van der Waals surface area contributed by atoms with E-state index in [9.17, 15) is 19.5 Å². The van der Waals surface area contributed by atoms with Crippen LogP contribution in [-0.2, 0) is 31.1 Å². The van der Waals surface area contributed by atoms with Crippen molar-refractivity contribution in [1.82, 2.24) is 21.1 Å². The molecule has 4 atom stereocenters. The van der Waals surface area contributed by atoms with Gasteiger partial charge in [0.15, 0.2) is 0 Å². The van der Waals surface area contributed by atoms with Crippen molar-refractivity contribution in [3.63, 3.8) is 0 Å². The fourth-order valence-corrected chi connectivity index (χ4v) is 4.33. The number of rotatable bonds is 9. The Hall–Kier alpha value is -3.54. The minimum absolute atomic E-state index is 0.117. The second-order valence-electron chi connectivity index (χ2n) is 9.07. The van der Waals surface area contributed by atoms with Crippen LogP contribution >= 0.6 is 0 Å². The summed E-state index contributed by atoms with van der Waals surface area (Å²) in [5.74, 6) is -3.78. The van der Waals surface area contributed by atoms with Crippen LogP contribution in [0, 0.1) is 0 Å². The SMILES string of the molecule is CC(C(=O)NN1CC(O)C(F)(NC(=O)COCc2ccccc2)C1)(c1ccccc1)C1CNC(=O)O1. The van der Waals surface area contributed by atoms with Gasteiger partial charge in [0.05, 0.1) is 19.7 Å². The zero-order chi connectivity index (χ0) is 25.8. The Morgan fingerprint density at radius 2 is 1.89 bits per heavy atom. The van der Waals surface area contributed by atoms with Gasteiger partial charge in [-0.05, 0) is 18.1 Å². The monoisotopic (exact) mass is 500 g/mol.